The molecular weight excluding hydrogens is 312 g/mol. The maximum atomic E-state index is 12.4. The van der Waals surface area contributed by atoms with E-state index in [4.69, 9.17) is 9.47 Å². The molecule has 0 radical (unpaired) electrons. The highest BCUT2D eigenvalue weighted by atomic mass is 16.5. The summed E-state index contributed by atoms with van der Waals surface area (Å²) in [6.45, 7) is 3.10. The van der Waals surface area contributed by atoms with E-state index in [-0.39, 0.29) is 24.9 Å². The third-order valence-electron chi connectivity index (χ3n) is 4.74. The predicted octanol–water partition coefficient (Wildman–Crippen LogP) is 1.39. The third kappa shape index (κ3) is 3.21. The number of ether oxygens (including phenoxy) is 2. The SMILES string of the molecule is Cc1ncccc1OC1(C(=O)O)CCN(C(=O)C2CCCO2)CC1. The largest absolute Gasteiger partial charge is 0.478 e. The summed E-state index contributed by atoms with van der Waals surface area (Å²) in [4.78, 5) is 30.1. The summed E-state index contributed by atoms with van der Waals surface area (Å²) in [6.07, 6.45) is 3.39. The Bertz CT molecular complexity index is 619. The molecule has 2 saturated heterocycles. The molecular formula is C17H22N2O5. The Balaban J connectivity index is 1.69. The Hall–Kier alpha value is -2.15. The van der Waals surface area contributed by atoms with E-state index in [1.807, 2.05) is 0 Å². The molecule has 7 heteroatoms. The van der Waals surface area contributed by atoms with Crippen molar-refractivity contribution in [1.29, 1.82) is 0 Å². The summed E-state index contributed by atoms with van der Waals surface area (Å²) in [5.41, 5.74) is -0.669. The van der Waals surface area contributed by atoms with Gasteiger partial charge in [-0.1, -0.05) is 0 Å². The molecule has 0 bridgehead atoms. The van der Waals surface area contributed by atoms with Gasteiger partial charge >= 0.3 is 5.97 Å². The molecule has 1 unspecified atom stereocenters. The highest BCUT2D eigenvalue weighted by Crippen LogP contribution is 2.31. The van der Waals surface area contributed by atoms with E-state index in [0.29, 0.717) is 31.1 Å². The number of pyridine rings is 1. The van der Waals surface area contributed by atoms with Crippen molar-refractivity contribution in [2.24, 2.45) is 0 Å². The monoisotopic (exact) mass is 334 g/mol. The molecule has 0 saturated carbocycles. The lowest BCUT2D eigenvalue weighted by Crippen LogP contribution is -2.55. The van der Waals surface area contributed by atoms with Crippen molar-refractivity contribution >= 4 is 11.9 Å². The second kappa shape index (κ2) is 6.76. The van der Waals surface area contributed by atoms with E-state index in [1.54, 1.807) is 30.2 Å². The van der Waals surface area contributed by atoms with Crippen LogP contribution in [0.5, 0.6) is 5.75 Å². The Kier molecular flexibility index (Phi) is 4.71. The molecule has 0 aromatic carbocycles. The van der Waals surface area contributed by atoms with Gasteiger partial charge in [0.05, 0.1) is 5.69 Å². The Morgan fingerprint density at radius 2 is 2.17 bits per heavy atom. The van der Waals surface area contributed by atoms with Gasteiger partial charge in [-0.25, -0.2) is 4.79 Å². The van der Waals surface area contributed by atoms with Crippen molar-refractivity contribution in [3.63, 3.8) is 0 Å². The number of aliphatic carboxylic acids is 1. The fourth-order valence-corrected chi connectivity index (χ4v) is 3.21. The smallest absolute Gasteiger partial charge is 0.348 e. The first kappa shape index (κ1) is 16.7. The van der Waals surface area contributed by atoms with Crippen LogP contribution >= 0.6 is 0 Å². The summed E-state index contributed by atoms with van der Waals surface area (Å²) in [6, 6.07) is 3.44. The Morgan fingerprint density at radius 3 is 2.75 bits per heavy atom. The zero-order valence-electron chi connectivity index (χ0n) is 13.7. The van der Waals surface area contributed by atoms with Gasteiger partial charge in [0, 0.05) is 38.7 Å². The quantitative estimate of drug-likeness (QED) is 0.895. The van der Waals surface area contributed by atoms with Crippen molar-refractivity contribution in [2.75, 3.05) is 19.7 Å². The van der Waals surface area contributed by atoms with Crippen LogP contribution in [0.3, 0.4) is 0 Å². The van der Waals surface area contributed by atoms with Crippen LogP contribution in [0, 0.1) is 6.92 Å². The predicted molar refractivity (Wildman–Crippen MR) is 84.8 cm³/mol. The van der Waals surface area contributed by atoms with Gasteiger partial charge in [0.15, 0.2) is 0 Å². The number of rotatable bonds is 4. The van der Waals surface area contributed by atoms with E-state index in [1.165, 1.54) is 0 Å². The van der Waals surface area contributed by atoms with Crippen molar-refractivity contribution in [3.05, 3.63) is 24.0 Å². The normalized spacial score (nSPS) is 23.0. The molecule has 1 aromatic heterocycles. The number of hydrogen-bond acceptors (Lipinski definition) is 5. The Labute approximate surface area is 140 Å². The fourth-order valence-electron chi connectivity index (χ4n) is 3.21. The van der Waals surface area contributed by atoms with Gasteiger partial charge < -0.3 is 19.5 Å². The summed E-state index contributed by atoms with van der Waals surface area (Å²) >= 11 is 0. The van der Waals surface area contributed by atoms with Crippen LogP contribution in [0.2, 0.25) is 0 Å². The van der Waals surface area contributed by atoms with Crippen LogP contribution in [-0.4, -0.2) is 58.3 Å². The zero-order valence-corrected chi connectivity index (χ0v) is 13.7. The summed E-state index contributed by atoms with van der Waals surface area (Å²) in [5.74, 6) is -0.571. The second-order valence-corrected chi connectivity index (χ2v) is 6.32. The molecule has 0 aliphatic carbocycles. The first-order valence-electron chi connectivity index (χ1n) is 8.26. The van der Waals surface area contributed by atoms with E-state index >= 15 is 0 Å². The highest BCUT2D eigenvalue weighted by Gasteiger charge is 2.46. The average Bonchev–Trinajstić information content (AvgIpc) is 3.11. The van der Waals surface area contributed by atoms with Crippen molar-refractivity contribution in [2.45, 2.75) is 44.3 Å². The van der Waals surface area contributed by atoms with Gasteiger partial charge in [0.2, 0.25) is 5.60 Å². The zero-order chi connectivity index (χ0) is 17.2. The lowest BCUT2D eigenvalue weighted by atomic mass is 9.90. The molecule has 2 aliphatic rings. The maximum Gasteiger partial charge on any atom is 0.348 e. The minimum Gasteiger partial charge on any atom is -0.478 e. The first-order valence-corrected chi connectivity index (χ1v) is 8.26. The number of nitrogens with zero attached hydrogens (tertiary/aromatic N) is 2. The number of carboxylic acid groups (broad SMARTS) is 1. The number of aryl methyl sites for hydroxylation is 1. The molecule has 1 N–H and O–H groups in total. The summed E-state index contributed by atoms with van der Waals surface area (Å²) in [7, 11) is 0. The first-order chi connectivity index (χ1) is 11.5. The third-order valence-corrected chi connectivity index (χ3v) is 4.74. The topological polar surface area (TPSA) is 89.0 Å². The van der Waals surface area contributed by atoms with E-state index in [2.05, 4.69) is 4.98 Å². The highest BCUT2D eigenvalue weighted by molar-refractivity contribution is 5.82. The van der Waals surface area contributed by atoms with Crippen LogP contribution in [-0.2, 0) is 14.3 Å². The number of carboxylic acids is 1. The van der Waals surface area contributed by atoms with Crippen LogP contribution in [0.15, 0.2) is 18.3 Å². The molecule has 3 heterocycles. The van der Waals surface area contributed by atoms with Crippen molar-refractivity contribution in [3.8, 4) is 5.75 Å². The van der Waals surface area contributed by atoms with Crippen LogP contribution < -0.4 is 4.74 Å². The van der Waals surface area contributed by atoms with Gasteiger partial charge in [-0.2, -0.15) is 0 Å². The molecule has 2 fully saturated rings. The Morgan fingerprint density at radius 1 is 1.42 bits per heavy atom. The van der Waals surface area contributed by atoms with Crippen molar-refractivity contribution in [1.82, 2.24) is 9.88 Å². The molecule has 1 amide bonds. The lowest BCUT2D eigenvalue weighted by molar-refractivity contribution is -0.163. The number of aromatic nitrogens is 1. The number of piperidine rings is 1. The van der Waals surface area contributed by atoms with Crippen molar-refractivity contribution < 1.29 is 24.2 Å². The van der Waals surface area contributed by atoms with Crippen LogP contribution in [0.1, 0.15) is 31.4 Å². The lowest BCUT2D eigenvalue weighted by Gasteiger charge is -2.39. The molecule has 0 spiro atoms. The standard InChI is InChI=1S/C17H22N2O5/c1-12-13(4-2-8-18-12)24-17(16(21)22)6-9-19(10-7-17)15(20)14-5-3-11-23-14/h2,4,8,14H,3,5-7,9-11H2,1H3,(H,21,22). The van der Waals surface area contributed by atoms with Gasteiger partial charge in [-0.05, 0) is 31.9 Å². The summed E-state index contributed by atoms with van der Waals surface area (Å²) in [5, 5.41) is 9.70. The minimum atomic E-state index is -1.32. The molecule has 2 aliphatic heterocycles. The minimum absolute atomic E-state index is 0.0379. The second-order valence-electron chi connectivity index (χ2n) is 6.32. The van der Waals surface area contributed by atoms with E-state index in [0.717, 1.165) is 12.8 Å². The number of carbonyl (C=O) groups excluding carboxylic acids is 1. The molecule has 24 heavy (non-hydrogen) atoms. The van der Waals surface area contributed by atoms with Gasteiger partial charge in [0.1, 0.15) is 11.9 Å². The fraction of sp³-hybridized carbons (Fsp3) is 0.588. The number of carbonyl (C=O) groups is 2. The molecule has 130 valence electrons. The number of amides is 1. The summed E-state index contributed by atoms with van der Waals surface area (Å²) < 4.78 is 11.3. The maximum absolute atomic E-state index is 12.4. The molecule has 1 aromatic rings. The van der Waals surface area contributed by atoms with Crippen LogP contribution in [0.4, 0.5) is 0 Å². The molecule has 7 nitrogen and oxygen atoms in total. The van der Waals surface area contributed by atoms with E-state index < -0.39 is 11.6 Å². The average molecular weight is 334 g/mol. The van der Waals surface area contributed by atoms with Gasteiger partial charge in [-0.3, -0.25) is 9.78 Å². The number of hydrogen-bond donors (Lipinski definition) is 1. The molecule has 1 atom stereocenters. The van der Waals surface area contributed by atoms with Crippen LogP contribution in [0.25, 0.3) is 0 Å². The van der Waals surface area contributed by atoms with Gasteiger partial charge in [0.25, 0.3) is 5.91 Å². The molecule has 3 rings (SSSR count). The van der Waals surface area contributed by atoms with Gasteiger partial charge in [-0.15, -0.1) is 0 Å². The number of likely N-dealkylation sites (tertiary alicyclic amines) is 1. The van der Waals surface area contributed by atoms with E-state index in [9.17, 15) is 14.7 Å².